The highest BCUT2D eigenvalue weighted by Crippen LogP contribution is 2.11. The normalized spacial score (nSPS) is 10.2. The summed E-state index contributed by atoms with van der Waals surface area (Å²) in [6, 6.07) is 14.3. The number of carbonyl (C=O) groups excluding carboxylic acids is 2. The van der Waals surface area contributed by atoms with Crippen LogP contribution in [0, 0.1) is 0 Å². The Balaban J connectivity index is 1.67. The van der Waals surface area contributed by atoms with Gasteiger partial charge in [-0.1, -0.05) is 31.9 Å². The molecule has 0 aliphatic heterocycles. The highest BCUT2D eigenvalue weighted by Gasteiger charge is 2.06. The van der Waals surface area contributed by atoms with Gasteiger partial charge in [-0.3, -0.25) is 9.59 Å². The van der Waals surface area contributed by atoms with Crippen molar-refractivity contribution in [2.75, 3.05) is 13.1 Å². The molecule has 4 nitrogen and oxygen atoms in total. The number of hydrogen-bond acceptors (Lipinski definition) is 2. The minimum atomic E-state index is -0.114. The first-order chi connectivity index (χ1) is 11.1. The van der Waals surface area contributed by atoms with E-state index in [9.17, 15) is 9.59 Å². The molecule has 0 saturated heterocycles. The highest BCUT2D eigenvalue weighted by molar-refractivity contribution is 9.10. The zero-order chi connectivity index (χ0) is 16.7. The lowest BCUT2D eigenvalue weighted by Gasteiger charge is -2.07. The lowest BCUT2D eigenvalue weighted by Crippen LogP contribution is -2.29. The summed E-state index contributed by atoms with van der Waals surface area (Å²) in [6.07, 6.45) is 0.671. The van der Waals surface area contributed by atoms with Crippen molar-refractivity contribution >= 4 is 43.7 Å². The average molecular weight is 440 g/mol. The first-order valence-electron chi connectivity index (χ1n) is 7.14. The maximum Gasteiger partial charge on any atom is 0.251 e. The first kappa shape index (κ1) is 17.7. The third-order valence-corrected chi connectivity index (χ3v) is 4.19. The van der Waals surface area contributed by atoms with Crippen LogP contribution in [0.1, 0.15) is 27.1 Å². The Kier molecular flexibility index (Phi) is 6.80. The van der Waals surface area contributed by atoms with Gasteiger partial charge in [0.25, 0.3) is 11.8 Å². The van der Waals surface area contributed by atoms with Crippen molar-refractivity contribution < 1.29 is 9.59 Å². The number of carbonyl (C=O) groups is 2. The second-order valence-corrected chi connectivity index (χ2v) is 6.71. The molecule has 2 N–H and O–H groups in total. The topological polar surface area (TPSA) is 58.2 Å². The van der Waals surface area contributed by atoms with Gasteiger partial charge in [0, 0.05) is 33.2 Å². The van der Waals surface area contributed by atoms with E-state index in [0.717, 1.165) is 8.95 Å². The van der Waals surface area contributed by atoms with Gasteiger partial charge >= 0.3 is 0 Å². The van der Waals surface area contributed by atoms with Gasteiger partial charge < -0.3 is 10.6 Å². The zero-order valence-electron chi connectivity index (χ0n) is 12.3. The molecule has 0 radical (unpaired) electrons. The van der Waals surface area contributed by atoms with Crippen LogP contribution in [0.2, 0.25) is 0 Å². The van der Waals surface area contributed by atoms with Crippen molar-refractivity contribution in [2.45, 2.75) is 6.42 Å². The Morgan fingerprint density at radius 1 is 0.696 bits per heavy atom. The van der Waals surface area contributed by atoms with Crippen LogP contribution < -0.4 is 10.6 Å². The van der Waals surface area contributed by atoms with Crippen LogP contribution in [-0.2, 0) is 0 Å². The molecule has 120 valence electrons. The summed E-state index contributed by atoms with van der Waals surface area (Å²) in [5.41, 5.74) is 1.24. The van der Waals surface area contributed by atoms with Gasteiger partial charge in [-0.25, -0.2) is 0 Å². The summed E-state index contributed by atoms with van der Waals surface area (Å²) < 4.78 is 1.87. The van der Waals surface area contributed by atoms with Gasteiger partial charge in [0.15, 0.2) is 0 Å². The van der Waals surface area contributed by atoms with Crippen molar-refractivity contribution in [1.29, 1.82) is 0 Å². The van der Waals surface area contributed by atoms with Gasteiger partial charge in [0.05, 0.1) is 0 Å². The number of halogens is 2. The smallest absolute Gasteiger partial charge is 0.251 e. The molecule has 2 amide bonds. The van der Waals surface area contributed by atoms with E-state index in [1.54, 1.807) is 24.3 Å². The molecule has 0 saturated carbocycles. The lowest BCUT2D eigenvalue weighted by atomic mass is 10.2. The van der Waals surface area contributed by atoms with Gasteiger partial charge in [0.1, 0.15) is 0 Å². The van der Waals surface area contributed by atoms with E-state index in [2.05, 4.69) is 42.5 Å². The molecular weight excluding hydrogens is 424 g/mol. The van der Waals surface area contributed by atoms with Crippen LogP contribution in [-0.4, -0.2) is 24.9 Å². The fraction of sp³-hybridized carbons (Fsp3) is 0.176. The molecule has 0 heterocycles. The Morgan fingerprint density at radius 2 is 1.04 bits per heavy atom. The highest BCUT2D eigenvalue weighted by atomic mass is 79.9. The Hall–Kier alpha value is -1.66. The van der Waals surface area contributed by atoms with E-state index in [0.29, 0.717) is 30.6 Å². The number of hydrogen-bond donors (Lipinski definition) is 2. The van der Waals surface area contributed by atoms with E-state index < -0.39 is 0 Å². The number of nitrogens with one attached hydrogen (secondary N) is 2. The summed E-state index contributed by atoms with van der Waals surface area (Å²) in [4.78, 5) is 23.8. The third kappa shape index (κ3) is 5.80. The molecule has 0 aliphatic rings. The summed E-state index contributed by atoms with van der Waals surface area (Å²) in [6.45, 7) is 1.02. The molecule has 2 aromatic carbocycles. The molecule has 0 unspecified atom stereocenters. The predicted molar refractivity (Wildman–Crippen MR) is 97.6 cm³/mol. The molecule has 0 aliphatic carbocycles. The second-order valence-electron chi connectivity index (χ2n) is 4.88. The summed E-state index contributed by atoms with van der Waals surface area (Å²) >= 11 is 6.66. The quantitative estimate of drug-likeness (QED) is 0.673. The molecular formula is C17H16Br2N2O2. The predicted octanol–water partition coefficient (Wildman–Crippen LogP) is 3.76. The molecule has 2 rings (SSSR count). The van der Waals surface area contributed by atoms with Crippen molar-refractivity contribution in [3.8, 4) is 0 Å². The summed E-state index contributed by atoms with van der Waals surface area (Å²) in [5, 5.41) is 5.66. The molecule has 0 aromatic heterocycles. The minimum Gasteiger partial charge on any atom is -0.352 e. The maximum atomic E-state index is 11.9. The van der Waals surface area contributed by atoms with Crippen LogP contribution in [0.3, 0.4) is 0 Å². The van der Waals surface area contributed by atoms with Crippen LogP contribution in [0.15, 0.2) is 57.5 Å². The second kappa shape index (κ2) is 8.84. The van der Waals surface area contributed by atoms with Crippen molar-refractivity contribution in [3.63, 3.8) is 0 Å². The summed E-state index contributed by atoms with van der Waals surface area (Å²) in [7, 11) is 0. The average Bonchev–Trinajstić information content (AvgIpc) is 2.55. The Labute approximate surface area is 151 Å². The Bertz CT molecular complexity index is 610. The number of amides is 2. The fourth-order valence-electron chi connectivity index (χ4n) is 1.90. The minimum absolute atomic E-state index is 0.114. The monoisotopic (exact) mass is 438 g/mol. The van der Waals surface area contributed by atoms with E-state index in [4.69, 9.17) is 0 Å². The molecule has 0 atom stereocenters. The third-order valence-electron chi connectivity index (χ3n) is 3.14. The standard InChI is InChI=1S/C17H16Br2N2O2/c18-14-6-2-12(3-7-14)16(22)20-10-1-11-21-17(23)13-4-8-15(19)9-5-13/h2-9H,1,10-11H2,(H,20,22)(H,21,23). The molecule has 0 fully saturated rings. The van der Waals surface area contributed by atoms with Gasteiger partial charge in [-0.15, -0.1) is 0 Å². The van der Waals surface area contributed by atoms with Crippen LogP contribution in [0.25, 0.3) is 0 Å². The molecule has 23 heavy (non-hydrogen) atoms. The SMILES string of the molecule is O=C(NCCCNC(=O)c1ccc(Br)cc1)c1ccc(Br)cc1. The molecule has 0 spiro atoms. The van der Waals surface area contributed by atoms with E-state index in [1.165, 1.54) is 0 Å². The van der Waals surface area contributed by atoms with Crippen LogP contribution in [0.5, 0.6) is 0 Å². The van der Waals surface area contributed by atoms with Crippen LogP contribution in [0.4, 0.5) is 0 Å². The fourth-order valence-corrected chi connectivity index (χ4v) is 2.43. The molecule has 2 aromatic rings. The molecule has 0 bridgehead atoms. The van der Waals surface area contributed by atoms with E-state index in [-0.39, 0.29) is 11.8 Å². The van der Waals surface area contributed by atoms with Gasteiger partial charge in [-0.05, 0) is 55.0 Å². The summed E-state index contributed by atoms with van der Waals surface area (Å²) in [5.74, 6) is -0.228. The van der Waals surface area contributed by atoms with Crippen LogP contribution >= 0.6 is 31.9 Å². The zero-order valence-corrected chi connectivity index (χ0v) is 15.5. The maximum absolute atomic E-state index is 11.9. The largest absolute Gasteiger partial charge is 0.352 e. The first-order valence-corrected chi connectivity index (χ1v) is 8.72. The van der Waals surface area contributed by atoms with E-state index >= 15 is 0 Å². The number of benzene rings is 2. The number of rotatable bonds is 6. The van der Waals surface area contributed by atoms with Crippen molar-refractivity contribution in [3.05, 3.63) is 68.6 Å². The van der Waals surface area contributed by atoms with Gasteiger partial charge in [0.2, 0.25) is 0 Å². The Morgan fingerprint density at radius 3 is 1.39 bits per heavy atom. The lowest BCUT2D eigenvalue weighted by molar-refractivity contribution is 0.0952. The van der Waals surface area contributed by atoms with Crippen molar-refractivity contribution in [1.82, 2.24) is 10.6 Å². The van der Waals surface area contributed by atoms with E-state index in [1.807, 2.05) is 24.3 Å². The van der Waals surface area contributed by atoms with Gasteiger partial charge in [-0.2, -0.15) is 0 Å². The molecule has 6 heteroatoms. The van der Waals surface area contributed by atoms with Crippen molar-refractivity contribution in [2.24, 2.45) is 0 Å².